The van der Waals surface area contributed by atoms with E-state index in [9.17, 15) is 8.42 Å². The van der Waals surface area contributed by atoms with E-state index in [1.54, 1.807) is 21.0 Å². The molecule has 1 fully saturated rings. The summed E-state index contributed by atoms with van der Waals surface area (Å²) in [4.78, 5) is 6.78. The number of guanidine groups is 1. The minimum absolute atomic E-state index is 0.166. The smallest absolute Gasteiger partial charge is 0.194 e. The zero-order valence-electron chi connectivity index (χ0n) is 16.5. The maximum absolute atomic E-state index is 12.2. The SMILES string of the molecule is CCNC(=NCCc1ccc(C)c(OC)c1)N1CCS(=O)(=O)C(C)(C)C1. The molecule has 1 saturated heterocycles. The first kappa shape index (κ1) is 20.6. The zero-order valence-corrected chi connectivity index (χ0v) is 17.3. The second kappa shape index (κ2) is 8.29. The predicted molar refractivity (Wildman–Crippen MR) is 107 cm³/mol. The quantitative estimate of drug-likeness (QED) is 0.624. The number of ether oxygens (including phenoxy) is 1. The van der Waals surface area contributed by atoms with Crippen molar-refractivity contribution in [3.63, 3.8) is 0 Å². The molecule has 6 nitrogen and oxygen atoms in total. The lowest BCUT2D eigenvalue weighted by molar-refractivity contribution is 0.353. The monoisotopic (exact) mass is 381 g/mol. The minimum atomic E-state index is -3.06. The lowest BCUT2D eigenvalue weighted by atomic mass is 10.1. The van der Waals surface area contributed by atoms with E-state index in [-0.39, 0.29) is 5.75 Å². The zero-order chi connectivity index (χ0) is 19.4. The highest BCUT2D eigenvalue weighted by Crippen LogP contribution is 2.24. The van der Waals surface area contributed by atoms with Crippen LogP contribution < -0.4 is 10.1 Å². The maximum atomic E-state index is 12.2. The van der Waals surface area contributed by atoms with E-state index < -0.39 is 14.6 Å². The third-order valence-electron chi connectivity index (χ3n) is 4.81. The third-order valence-corrected chi connectivity index (χ3v) is 7.35. The second-order valence-electron chi connectivity index (χ2n) is 7.29. The second-order valence-corrected chi connectivity index (χ2v) is 10.0. The Morgan fingerprint density at radius 1 is 1.38 bits per heavy atom. The van der Waals surface area contributed by atoms with Crippen molar-refractivity contribution in [3.8, 4) is 5.75 Å². The van der Waals surface area contributed by atoms with Crippen molar-refractivity contribution in [1.82, 2.24) is 10.2 Å². The molecule has 0 aromatic heterocycles. The Morgan fingerprint density at radius 2 is 2.12 bits per heavy atom. The number of hydrogen-bond donors (Lipinski definition) is 1. The summed E-state index contributed by atoms with van der Waals surface area (Å²) in [6.45, 7) is 9.95. The molecule has 0 spiro atoms. The van der Waals surface area contributed by atoms with Gasteiger partial charge in [-0.25, -0.2) is 8.42 Å². The number of methoxy groups -OCH3 is 1. The summed E-state index contributed by atoms with van der Waals surface area (Å²) in [6, 6.07) is 6.20. The number of aryl methyl sites for hydroxylation is 1. The van der Waals surface area contributed by atoms with Gasteiger partial charge in [0, 0.05) is 26.2 Å². The highest BCUT2D eigenvalue weighted by Gasteiger charge is 2.40. The van der Waals surface area contributed by atoms with Crippen molar-refractivity contribution in [2.75, 3.05) is 39.0 Å². The molecule has 0 bridgehead atoms. The Bertz CT molecular complexity index is 757. The van der Waals surface area contributed by atoms with Crippen LogP contribution in [0.2, 0.25) is 0 Å². The Morgan fingerprint density at radius 3 is 2.73 bits per heavy atom. The standard InChI is InChI=1S/C19H31N3O3S/c1-6-20-18(22-11-12-26(23,24)19(3,4)14-22)21-10-9-16-8-7-15(2)17(13-16)25-5/h7-8,13H,6,9-12,14H2,1-5H3,(H,20,21). The predicted octanol–water partition coefficient (Wildman–Crippen LogP) is 2.02. The highest BCUT2D eigenvalue weighted by molar-refractivity contribution is 7.92. The molecule has 1 heterocycles. The van der Waals surface area contributed by atoms with Crippen LogP contribution in [-0.4, -0.2) is 63.1 Å². The van der Waals surface area contributed by atoms with Crippen molar-refractivity contribution in [3.05, 3.63) is 29.3 Å². The number of sulfone groups is 1. The van der Waals surface area contributed by atoms with Gasteiger partial charge in [0.2, 0.25) is 0 Å². The maximum Gasteiger partial charge on any atom is 0.194 e. The van der Waals surface area contributed by atoms with E-state index >= 15 is 0 Å². The molecule has 0 aliphatic carbocycles. The fourth-order valence-corrected chi connectivity index (χ4v) is 4.43. The summed E-state index contributed by atoms with van der Waals surface area (Å²) in [5.41, 5.74) is 2.29. The van der Waals surface area contributed by atoms with Crippen molar-refractivity contribution < 1.29 is 13.2 Å². The van der Waals surface area contributed by atoms with Gasteiger partial charge in [-0.3, -0.25) is 4.99 Å². The Labute approximate surface area is 157 Å². The van der Waals surface area contributed by atoms with Gasteiger partial charge in [-0.2, -0.15) is 0 Å². The van der Waals surface area contributed by atoms with Crippen LogP contribution in [-0.2, 0) is 16.3 Å². The molecule has 1 aliphatic rings. The van der Waals surface area contributed by atoms with Gasteiger partial charge in [-0.1, -0.05) is 12.1 Å². The molecule has 1 aromatic rings. The minimum Gasteiger partial charge on any atom is -0.496 e. The van der Waals surface area contributed by atoms with Crippen LogP contribution in [0.25, 0.3) is 0 Å². The average molecular weight is 382 g/mol. The molecular formula is C19H31N3O3S. The Hall–Kier alpha value is -1.76. The van der Waals surface area contributed by atoms with Crippen molar-refractivity contribution in [2.24, 2.45) is 4.99 Å². The van der Waals surface area contributed by atoms with E-state index in [0.717, 1.165) is 30.2 Å². The Kier molecular flexibility index (Phi) is 6.55. The number of hydrogen-bond acceptors (Lipinski definition) is 4. The van der Waals surface area contributed by atoms with Gasteiger partial charge in [0.15, 0.2) is 15.8 Å². The van der Waals surface area contributed by atoms with E-state index in [1.165, 1.54) is 5.56 Å². The number of aliphatic imine (C=N–C) groups is 1. The Balaban J connectivity index is 2.07. The highest BCUT2D eigenvalue weighted by atomic mass is 32.2. The molecule has 2 rings (SSSR count). The summed E-state index contributed by atoms with van der Waals surface area (Å²) in [7, 11) is -1.38. The molecular weight excluding hydrogens is 350 g/mol. The van der Waals surface area contributed by atoms with Crippen LogP contribution in [0.4, 0.5) is 0 Å². The largest absolute Gasteiger partial charge is 0.496 e. The summed E-state index contributed by atoms with van der Waals surface area (Å²) in [5.74, 6) is 1.84. The van der Waals surface area contributed by atoms with Crippen LogP contribution in [0.15, 0.2) is 23.2 Å². The van der Waals surface area contributed by atoms with Gasteiger partial charge in [-0.15, -0.1) is 0 Å². The summed E-state index contributed by atoms with van der Waals surface area (Å²) in [6.07, 6.45) is 0.807. The number of nitrogens with one attached hydrogen (secondary N) is 1. The van der Waals surface area contributed by atoms with Gasteiger partial charge in [0.05, 0.1) is 17.6 Å². The van der Waals surface area contributed by atoms with Crippen LogP contribution in [0, 0.1) is 6.92 Å². The summed E-state index contributed by atoms with van der Waals surface area (Å²) in [5, 5.41) is 3.29. The van der Waals surface area contributed by atoms with E-state index in [1.807, 2.05) is 19.9 Å². The van der Waals surface area contributed by atoms with Crippen LogP contribution >= 0.6 is 0 Å². The molecule has 0 unspecified atom stereocenters. The first-order valence-electron chi connectivity index (χ1n) is 9.09. The fraction of sp³-hybridized carbons (Fsp3) is 0.632. The van der Waals surface area contributed by atoms with Gasteiger partial charge in [0.25, 0.3) is 0 Å². The molecule has 7 heteroatoms. The molecule has 1 aromatic carbocycles. The summed E-state index contributed by atoms with van der Waals surface area (Å²) >= 11 is 0. The molecule has 1 aliphatic heterocycles. The van der Waals surface area contributed by atoms with Gasteiger partial charge in [0.1, 0.15) is 5.75 Å². The van der Waals surface area contributed by atoms with Gasteiger partial charge >= 0.3 is 0 Å². The molecule has 0 radical (unpaired) electrons. The number of nitrogens with zero attached hydrogens (tertiary/aromatic N) is 2. The van der Waals surface area contributed by atoms with Crippen molar-refractivity contribution in [2.45, 2.75) is 38.9 Å². The third kappa shape index (κ3) is 4.69. The van der Waals surface area contributed by atoms with E-state index in [2.05, 4.69) is 22.3 Å². The number of benzene rings is 1. The fourth-order valence-electron chi connectivity index (χ4n) is 3.06. The van der Waals surface area contributed by atoms with Gasteiger partial charge < -0.3 is 15.0 Å². The average Bonchev–Trinajstić information content (AvgIpc) is 2.58. The lowest BCUT2D eigenvalue weighted by Gasteiger charge is -2.39. The summed E-state index contributed by atoms with van der Waals surface area (Å²) < 4.78 is 29.1. The van der Waals surface area contributed by atoms with Crippen LogP contribution in [0.1, 0.15) is 31.9 Å². The van der Waals surface area contributed by atoms with E-state index in [4.69, 9.17) is 9.73 Å². The lowest BCUT2D eigenvalue weighted by Crippen LogP contribution is -2.57. The normalized spacial score (nSPS) is 19.3. The van der Waals surface area contributed by atoms with E-state index in [0.29, 0.717) is 19.6 Å². The topological polar surface area (TPSA) is 71.0 Å². The first-order valence-corrected chi connectivity index (χ1v) is 10.7. The first-order chi connectivity index (χ1) is 12.2. The number of rotatable bonds is 5. The van der Waals surface area contributed by atoms with Crippen molar-refractivity contribution >= 4 is 15.8 Å². The van der Waals surface area contributed by atoms with Crippen LogP contribution in [0.5, 0.6) is 5.75 Å². The molecule has 1 N–H and O–H groups in total. The molecule has 146 valence electrons. The van der Waals surface area contributed by atoms with Gasteiger partial charge in [-0.05, 0) is 51.3 Å². The molecule has 0 saturated carbocycles. The molecule has 26 heavy (non-hydrogen) atoms. The molecule has 0 amide bonds. The van der Waals surface area contributed by atoms with Crippen molar-refractivity contribution in [1.29, 1.82) is 0 Å². The van der Waals surface area contributed by atoms with Crippen LogP contribution in [0.3, 0.4) is 0 Å². The molecule has 0 atom stereocenters.